The summed E-state index contributed by atoms with van der Waals surface area (Å²) in [5, 5.41) is 2.47. The van der Waals surface area contributed by atoms with Gasteiger partial charge in [0.1, 0.15) is 12.8 Å². The van der Waals surface area contributed by atoms with Gasteiger partial charge in [0.2, 0.25) is 5.75 Å². The summed E-state index contributed by atoms with van der Waals surface area (Å²) < 4.78 is 8.64. The van der Waals surface area contributed by atoms with Crippen LogP contribution in [0.4, 0.5) is 0 Å². The molecule has 4 rings (SSSR count). The number of rotatable bonds is 1. The van der Waals surface area contributed by atoms with Gasteiger partial charge >= 0.3 is 0 Å². The zero-order valence-electron chi connectivity index (χ0n) is 15.1. The van der Waals surface area contributed by atoms with E-state index in [0.717, 1.165) is 17.9 Å². The van der Waals surface area contributed by atoms with E-state index in [1.54, 1.807) is 0 Å². The Morgan fingerprint density at radius 2 is 1.83 bits per heavy atom. The van der Waals surface area contributed by atoms with Crippen molar-refractivity contribution < 1.29 is 9.30 Å². The highest BCUT2D eigenvalue weighted by atomic mass is 16.5. The molecule has 0 unspecified atom stereocenters. The zero-order valence-corrected chi connectivity index (χ0v) is 15.1. The molecule has 0 saturated heterocycles. The number of aryl methyl sites for hydroxylation is 2. The lowest BCUT2D eigenvalue weighted by Gasteiger charge is -2.25. The van der Waals surface area contributed by atoms with Crippen molar-refractivity contribution in [1.82, 2.24) is 0 Å². The molecule has 0 N–H and O–H groups in total. The van der Waals surface area contributed by atoms with E-state index in [9.17, 15) is 0 Å². The second-order valence-corrected chi connectivity index (χ2v) is 8.08. The van der Waals surface area contributed by atoms with Crippen LogP contribution in [-0.2, 0) is 13.5 Å². The summed E-state index contributed by atoms with van der Waals surface area (Å²) in [4.78, 5) is 0. The number of aromatic nitrogens is 1. The molecule has 122 valence electrons. The normalized spacial score (nSPS) is 12.9. The van der Waals surface area contributed by atoms with E-state index in [-0.39, 0.29) is 5.41 Å². The van der Waals surface area contributed by atoms with E-state index >= 15 is 0 Å². The lowest BCUT2D eigenvalue weighted by Crippen LogP contribution is -2.33. The van der Waals surface area contributed by atoms with Gasteiger partial charge in [-0.15, -0.1) is 0 Å². The molecular formula is C22H24NO+. The van der Waals surface area contributed by atoms with Crippen molar-refractivity contribution >= 4 is 10.8 Å². The van der Waals surface area contributed by atoms with Crippen molar-refractivity contribution in [3.63, 3.8) is 0 Å². The average Bonchev–Trinajstić information content (AvgIpc) is 2.52. The van der Waals surface area contributed by atoms with Gasteiger partial charge < -0.3 is 4.74 Å². The van der Waals surface area contributed by atoms with Crippen LogP contribution in [0.5, 0.6) is 11.5 Å². The maximum Gasteiger partial charge on any atom is 0.256 e. The van der Waals surface area contributed by atoms with Gasteiger partial charge in [0, 0.05) is 17.0 Å². The molecule has 0 saturated carbocycles. The highest BCUT2D eigenvalue weighted by molar-refractivity contribution is 6.04. The molecule has 0 atom stereocenters. The van der Waals surface area contributed by atoms with Crippen molar-refractivity contribution in [3.8, 4) is 22.8 Å². The minimum atomic E-state index is 0.217. The van der Waals surface area contributed by atoms with E-state index in [2.05, 4.69) is 81.9 Å². The fraction of sp³-hybridized carbons (Fsp3) is 0.318. The first-order valence-electron chi connectivity index (χ1n) is 8.57. The first-order valence-corrected chi connectivity index (χ1v) is 8.57. The number of ether oxygens (including phenoxy) is 1. The topological polar surface area (TPSA) is 13.1 Å². The van der Waals surface area contributed by atoms with Gasteiger partial charge in [0.15, 0.2) is 6.20 Å². The molecule has 0 amide bonds. The van der Waals surface area contributed by atoms with Gasteiger partial charge in [0.25, 0.3) is 5.69 Å². The first kappa shape index (κ1) is 15.2. The van der Waals surface area contributed by atoms with Gasteiger partial charge in [0.05, 0.1) is 5.56 Å². The fourth-order valence-corrected chi connectivity index (χ4v) is 3.73. The monoisotopic (exact) mass is 318 g/mol. The minimum absolute atomic E-state index is 0.217. The van der Waals surface area contributed by atoms with E-state index in [1.165, 1.54) is 33.2 Å². The van der Waals surface area contributed by atoms with Crippen LogP contribution in [-0.4, -0.2) is 0 Å². The van der Waals surface area contributed by atoms with Gasteiger partial charge in [-0.1, -0.05) is 45.0 Å². The van der Waals surface area contributed by atoms with Crippen LogP contribution < -0.4 is 9.30 Å². The molecular weight excluding hydrogens is 294 g/mol. The third kappa shape index (κ3) is 2.29. The van der Waals surface area contributed by atoms with Crippen molar-refractivity contribution in [3.05, 3.63) is 53.7 Å². The summed E-state index contributed by atoms with van der Waals surface area (Å²) in [6.45, 7) is 9.01. The van der Waals surface area contributed by atoms with Crippen molar-refractivity contribution in [2.75, 3.05) is 0 Å². The largest absolute Gasteiger partial charge is 0.449 e. The predicted molar refractivity (Wildman–Crippen MR) is 98.5 cm³/mol. The molecule has 1 aliphatic rings. The van der Waals surface area contributed by atoms with E-state index < -0.39 is 0 Å². The lowest BCUT2D eigenvalue weighted by molar-refractivity contribution is -0.660. The highest BCUT2D eigenvalue weighted by Crippen LogP contribution is 2.48. The Morgan fingerprint density at radius 3 is 2.58 bits per heavy atom. The minimum Gasteiger partial charge on any atom is -0.449 e. The number of benzene rings is 2. The third-order valence-electron chi connectivity index (χ3n) is 4.74. The fourth-order valence-electron chi connectivity index (χ4n) is 3.73. The van der Waals surface area contributed by atoms with Crippen molar-refractivity contribution in [1.29, 1.82) is 0 Å². The molecule has 0 aliphatic carbocycles. The molecule has 24 heavy (non-hydrogen) atoms. The lowest BCUT2D eigenvalue weighted by atomic mass is 9.86. The summed E-state index contributed by atoms with van der Waals surface area (Å²) in [7, 11) is 2.11. The summed E-state index contributed by atoms with van der Waals surface area (Å²) in [5.74, 6) is 1.99. The summed E-state index contributed by atoms with van der Waals surface area (Å²) in [6, 6.07) is 12.9. The Labute approximate surface area is 143 Å². The Balaban J connectivity index is 2.08. The predicted octanol–water partition coefficient (Wildman–Crippen LogP) is 5.33. The van der Waals surface area contributed by atoms with Crippen molar-refractivity contribution in [2.45, 2.75) is 34.1 Å². The van der Waals surface area contributed by atoms with E-state index in [4.69, 9.17) is 4.74 Å². The van der Waals surface area contributed by atoms with Crippen LogP contribution in [0.15, 0.2) is 42.6 Å². The standard InChI is InChI=1S/C22H24NO/c1-14-9-10-15-7-6-8-17-19(15)18(14)20-21(24-17)16(11-12-23(20)5)13-22(2,3)4/h6-12H,13H2,1-5H3/q+1. The van der Waals surface area contributed by atoms with Crippen LogP contribution in [0.1, 0.15) is 31.9 Å². The molecule has 2 aromatic carbocycles. The van der Waals surface area contributed by atoms with Crippen LogP contribution >= 0.6 is 0 Å². The zero-order chi connectivity index (χ0) is 17.1. The van der Waals surface area contributed by atoms with Crippen LogP contribution in [0.25, 0.3) is 22.0 Å². The number of pyridine rings is 1. The SMILES string of the molecule is Cc1ccc2cccc3c2c1-c1c(c(CC(C)(C)C)cc[n+]1C)O3. The third-order valence-corrected chi connectivity index (χ3v) is 4.74. The maximum atomic E-state index is 6.44. The molecule has 3 aromatic rings. The summed E-state index contributed by atoms with van der Waals surface area (Å²) in [6.07, 6.45) is 3.16. The highest BCUT2D eigenvalue weighted by Gasteiger charge is 2.32. The quantitative estimate of drug-likeness (QED) is 0.432. The summed E-state index contributed by atoms with van der Waals surface area (Å²) >= 11 is 0. The van der Waals surface area contributed by atoms with Crippen molar-refractivity contribution in [2.24, 2.45) is 12.5 Å². The van der Waals surface area contributed by atoms with Gasteiger partial charge in [-0.2, -0.15) is 4.57 Å². The van der Waals surface area contributed by atoms with Gasteiger partial charge in [-0.25, -0.2) is 0 Å². The Bertz CT molecular complexity index is 964. The van der Waals surface area contributed by atoms with Crippen LogP contribution in [0, 0.1) is 12.3 Å². The summed E-state index contributed by atoms with van der Waals surface area (Å²) in [5.41, 5.74) is 5.29. The number of fused-ring (bicyclic) bond motifs is 2. The Kier molecular flexibility index (Phi) is 3.21. The molecule has 0 spiro atoms. The van der Waals surface area contributed by atoms with Gasteiger partial charge in [-0.3, -0.25) is 0 Å². The molecule has 0 fully saturated rings. The number of hydrogen-bond donors (Lipinski definition) is 0. The van der Waals surface area contributed by atoms with Crippen LogP contribution in [0.3, 0.4) is 0 Å². The molecule has 0 radical (unpaired) electrons. The smallest absolute Gasteiger partial charge is 0.256 e. The van der Waals surface area contributed by atoms with Crippen LogP contribution in [0.2, 0.25) is 0 Å². The Morgan fingerprint density at radius 1 is 1.04 bits per heavy atom. The Hall–Kier alpha value is -2.35. The maximum absolute atomic E-state index is 6.44. The molecule has 1 aliphatic heterocycles. The molecule has 2 heterocycles. The molecule has 1 aromatic heterocycles. The molecule has 0 bridgehead atoms. The van der Waals surface area contributed by atoms with E-state index in [1.807, 2.05) is 0 Å². The first-order chi connectivity index (χ1) is 11.3. The number of hydrogen-bond acceptors (Lipinski definition) is 1. The second kappa shape index (κ2) is 5.07. The van der Waals surface area contributed by atoms with Gasteiger partial charge in [-0.05, 0) is 35.8 Å². The average molecular weight is 318 g/mol. The second-order valence-electron chi connectivity index (χ2n) is 8.08. The molecule has 2 heteroatoms. The van der Waals surface area contributed by atoms with E-state index in [0.29, 0.717) is 0 Å². The molecule has 2 nitrogen and oxygen atoms in total. The number of nitrogens with zero attached hydrogens (tertiary/aromatic N) is 1.